The second kappa shape index (κ2) is 5.19. The number of rotatable bonds is 3. The Bertz CT molecular complexity index is 727. The van der Waals surface area contributed by atoms with Crippen LogP contribution in [0.3, 0.4) is 0 Å². The lowest BCUT2D eigenvalue weighted by Gasteiger charge is -2.05. The van der Waals surface area contributed by atoms with Crippen molar-refractivity contribution in [3.8, 4) is 17.7 Å². The number of aromatic nitrogens is 1. The first-order valence-corrected chi connectivity index (χ1v) is 5.29. The van der Waals surface area contributed by atoms with Gasteiger partial charge in [-0.3, -0.25) is 10.1 Å². The molecule has 0 unspecified atom stereocenters. The monoisotopic (exact) mass is 274 g/mol. The fourth-order valence-electron chi connectivity index (χ4n) is 1.44. The van der Waals surface area contributed by atoms with Gasteiger partial charge in [-0.05, 0) is 12.1 Å². The van der Waals surface area contributed by atoms with Crippen molar-refractivity contribution in [2.24, 2.45) is 0 Å². The number of nitrogens with two attached hydrogens (primary N) is 1. The number of nitro groups is 1. The molecule has 0 saturated heterocycles. The number of nitrogens with zero attached hydrogens (tertiary/aromatic N) is 3. The van der Waals surface area contributed by atoms with Gasteiger partial charge in [0.2, 0.25) is 5.88 Å². The molecule has 1 aromatic carbocycles. The van der Waals surface area contributed by atoms with Gasteiger partial charge in [-0.15, -0.1) is 0 Å². The minimum atomic E-state index is -0.761. The highest BCUT2D eigenvalue weighted by atomic mass is 19.1. The first-order chi connectivity index (χ1) is 9.49. The second-order valence-electron chi connectivity index (χ2n) is 3.70. The molecule has 0 aliphatic rings. The second-order valence-corrected chi connectivity index (χ2v) is 3.70. The molecule has 0 fully saturated rings. The molecule has 0 aliphatic heterocycles. The molecule has 0 amide bonds. The normalized spacial score (nSPS) is 9.80. The third-order valence-electron chi connectivity index (χ3n) is 2.30. The summed E-state index contributed by atoms with van der Waals surface area (Å²) in [6.45, 7) is 0. The largest absolute Gasteiger partial charge is 0.439 e. The average molecular weight is 274 g/mol. The maximum Gasteiger partial charge on any atom is 0.278 e. The molecule has 1 heterocycles. The minimum absolute atomic E-state index is 0.0499. The summed E-state index contributed by atoms with van der Waals surface area (Å²) in [6.07, 6.45) is 0. The average Bonchev–Trinajstić information content (AvgIpc) is 2.38. The van der Waals surface area contributed by atoms with E-state index in [-0.39, 0.29) is 28.7 Å². The standard InChI is InChI=1S/C12H7FN4O3/c13-10-5-9(2-1-7(10)6-14)20-12-4-8(17(18)19)3-11(15)16-12/h1-5H,(H2,15,16). The van der Waals surface area contributed by atoms with Crippen molar-refractivity contribution < 1.29 is 14.1 Å². The Kier molecular flexibility index (Phi) is 3.43. The molecule has 0 spiro atoms. The molecular weight excluding hydrogens is 267 g/mol. The van der Waals surface area contributed by atoms with Crippen LogP contribution in [0.25, 0.3) is 0 Å². The summed E-state index contributed by atoms with van der Waals surface area (Å²) in [4.78, 5) is 13.8. The SMILES string of the molecule is N#Cc1ccc(Oc2cc([N+](=O)[O-])cc(N)n2)cc1F. The molecule has 2 rings (SSSR count). The molecule has 0 atom stereocenters. The van der Waals surface area contributed by atoms with Gasteiger partial charge in [-0.25, -0.2) is 4.39 Å². The van der Waals surface area contributed by atoms with Crippen molar-refractivity contribution in [2.75, 3.05) is 5.73 Å². The Hall–Kier alpha value is -3.21. The van der Waals surface area contributed by atoms with Crippen molar-refractivity contribution in [3.05, 3.63) is 51.8 Å². The molecule has 20 heavy (non-hydrogen) atoms. The molecule has 2 aromatic rings. The van der Waals surface area contributed by atoms with E-state index < -0.39 is 10.7 Å². The van der Waals surface area contributed by atoms with E-state index >= 15 is 0 Å². The number of anilines is 1. The topological polar surface area (TPSA) is 115 Å². The van der Waals surface area contributed by atoms with Crippen molar-refractivity contribution in [1.82, 2.24) is 4.98 Å². The predicted octanol–water partition coefficient (Wildman–Crippen LogP) is 2.38. The van der Waals surface area contributed by atoms with E-state index in [4.69, 9.17) is 15.7 Å². The van der Waals surface area contributed by atoms with Crippen LogP contribution in [0.2, 0.25) is 0 Å². The third kappa shape index (κ3) is 2.78. The van der Waals surface area contributed by atoms with Gasteiger partial charge >= 0.3 is 0 Å². The number of hydrogen-bond donors (Lipinski definition) is 1. The highest BCUT2D eigenvalue weighted by Gasteiger charge is 2.12. The van der Waals surface area contributed by atoms with Crippen LogP contribution in [0, 0.1) is 27.3 Å². The predicted molar refractivity (Wildman–Crippen MR) is 66.5 cm³/mol. The van der Waals surface area contributed by atoms with Gasteiger partial charge in [0.05, 0.1) is 22.6 Å². The molecule has 2 N–H and O–H groups in total. The van der Waals surface area contributed by atoms with E-state index in [9.17, 15) is 14.5 Å². The van der Waals surface area contributed by atoms with Gasteiger partial charge < -0.3 is 10.5 Å². The lowest BCUT2D eigenvalue weighted by molar-refractivity contribution is -0.384. The zero-order valence-electron chi connectivity index (χ0n) is 9.91. The molecule has 7 nitrogen and oxygen atoms in total. The van der Waals surface area contributed by atoms with Crippen LogP contribution >= 0.6 is 0 Å². The Labute approximate surface area is 112 Å². The lowest BCUT2D eigenvalue weighted by atomic mass is 10.2. The van der Waals surface area contributed by atoms with E-state index in [0.29, 0.717) is 0 Å². The third-order valence-corrected chi connectivity index (χ3v) is 2.30. The summed E-state index contributed by atoms with van der Waals surface area (Å²) in [5, 5.41) is 19.3. The number of hydrogen-bond acceptors (Lipinski definition) is 6. The first kappa shape index (κ1) is 13.2. The van der Waals surface area contributed by atoms with Gasteiger partial charge in [0.1, 0.15) is 23.5 Å². The zero-order valence-corrected chi connectivity index (χ0v) is 9.91. The van der Waals surface area contributed by atoms with Gasteiger partial charge in [0.25, 0.3) is 5.69 Å². The summed E-state index contributed by atoms with van der Waals surface area (Å²) in [6, 6.07) is 7.36. The van der Waals surface area contributed by atoms with E-state index in [1.165, 1.54) is 12.1 Å². The summed E-state index contributed by atoms with van der Waals surface area (Å²) < 4.78 is 18.6. The van der Waals surface area contributed by atoms with Gasteiger partial charge in [0, 0.05) is 6.07 Å². The summed E-state index contributed by atoms with van der Waals surface area (Å²) in [5.41, 5.74) is 4.99. The number of pyridine rings is 1. The molecule has 0 bridgehead atoms. The summed E-state index contributed by atoms with van der Waals surface area (Å²) >= 11 is 0. The summed E-state index contributed by atoms with van der Waals surface area (Å²) in [5.74, 6) is -0.943. The van der Waals surface area contributed by atoms with Crippen LogP contribution in [-0.2, 0) is 0 Å². The molecule has 8 heteroatoms. The first-order valence-electron chi connectivity index (χ1n) is 5.29. The molecular formula is C12H7FN4O3. The van der Waals surface area contributed by atoms with Crippen LogP contribution in [0.15, 0.2) is 30.3 Å². The molecule has 1 aromatic heterocycles. The maximum absolute atomic E-state index is 13.4. The van der Waals surface area contributed by atoms with Gasteiger partial charge in [-0.1, -0.05) is 0 Å². The van der Waals surface area contributed by atoms with Gasteiger partial charge in [-0.2, -0.15) is 10.2 Å². The van der Waals surface area contributed by atoms with E-state index in [0.717, 1.165) is 18.2 Å². The van der Waals surface area contributed by atoms with Crippen molar-refractivity contribution in [1.29, 1.82) is 5.26 Å². The van der Waals surface area contributed by atoms with E-state index in [1.54, 1.807) is 6.07 Å². The van der Waals surface area contributed by atoms with Crippen LogP contribution in [0.1, 0.15) is 5.56 Å². The Morgan fingerprint density at radius 3 is 2.75 bits per heavy atom. The maximum atomic E-state index is 13.4. The van der Waals surface area contributed by atoms with Crippen molar-refractivity contribution in [3.63, 3.8) is 0 Å². The quantitative estimate of drug-likeness (QED) is 0.678. The molecule has 0 radical (unpaired) electrons. The summed E-state index contributed by atoms with van der Waals surface area (Å²) in [7, 11) is 0. The lowest BCUT2D eigenvalue weighted by Crippen LogP contribution is -1.97. The van der Waals surface area contributed by atoms with E-state index in [1.807, 2.05) is 0 Å². The Morgan fingerprint density at radius 1 is 1.40 bits per heavy atom. The number of halogens is 1. The fourth-order valence-corrected chi connectivity index (χ4v) is 1.44. The van der Waals surface area contributed by atoms with Crippen molar-refractivity contribution in [2.45, 2.75) is 0 Å². The highest BCUT2D eigenvalue weighted by molar-refractivity contribution is 5.46. The van der Waals surface area contributed by atoms with Crippen LogP contribution in [0.4, 0.5) is 15.9 Å². The molecule has 100 valence electrons. The van der Waals surface area contributed by atoms with Crippen LogP contribution in [-0.4, -0.2) is 9.91 Å². The fraction of sp³-hybridized carbons (Fsp3) is 0. The molecule has 0 saturated carbocycles. The van der Waals surface area contributed by atoms with Gasteiger partial charge in [0.15, 0.2) is 0 Å². The van der Waals surface area contributed by atoms with E-state index in [2.05, 4.69) is 4.98 Å². The van der Waals surface area contributed by atoms with Crippen LogP contribution in [0.5, 0.6) is 11.6 Å². The Morgan fingerprint density at radius 2 is 2.15 bits per heavy atom. The number of nitriles is 1. The number of ether oxygens (including phenoxy) is 1. The minimum Gasteiger partial charge on any atom is -0.439 e. The Balaban J connectivity index is 2.33. The molecule has 0 aliphatic carbocycles. The number of nitrogen functional groups attached to an aromatic ring is 1. The van der Waals surface area contributed by atoms with Crippen LogP contribution < -0.4 is 10.5 Å². The zero-order chi connectivity index (χ0) is 14.7. The highest BCUT2D eigenvalue weighted by Crippen LogP contribution is 2.26. The van der Waals surface area contributed by atoms with Crippen molar-refractivity contribution >= 4 is 11.5 Å². The smallest absolute Gasteiger partial charge is 0.278 e. The number of benzene rings is 1.